The molecule has 112 valence electrons. The zero-order valence-corrected chi connectivity index (χ0v) is 13.1. The lowest BCUT2D eigenvalue weighted by Crippen LogP contribution is -2.44. The lowest BCUT2D eigenvalue weighted by atomic mass is 10.0. The van der Waals surface area contributed by atoms with Crippen molar-refractivity contribution in [1.82, 2.24) is 5.32 Å². The number of carbonyl (C=O) groups is 1. The van der Waals surface area contributed by atoms with E-state index in [0.717, 1.165) is 23.3 Å². The number of carbonyl (C=O) groups excluding carboxylic acids is 1. The van der Waals surface area contributed by atoms with Gasteiger partial charge in [0, 0.05) is 11.6 Å². The topological polar surface area (TPSA) is 64.3 Å². The number of amides is 1. The maximum atomic E-state index is 11.8. The van der Waals surface area contributed by atoms with Crippen molar-refractivity contribution in [3.63, 3.8) is 0 Å². The van der Waals surface area contributed by atoms with Gasteiger partial charge in [-0.25, -0.2) is 0 Å². The molecule has 0 radical (unpaired) electrons. The van der Waals surface area contributed by atoms with E-state index in [2.05, 4.69) is 5.32 Å². The van der Waals surface area contributed by atoms with Crippen molar-refractivity contribution in [1.29, 1.82) is 0 Å². The molecular weight excluding hydrogens is 252 g/mol. The average molecular weight is 278 g/mol. The second-order valence-electron chi connectivity index (χ2n) is 5.89. The highest BCUT2D eigenvalue weighted by Gasteiger charge is 2.18. The van der Waals surface area contributed by atoms with E-state index in [-0.39, 0.29) is 24.1 Å². The Kier molecular flexibility index (Phi) is 5.57. The van der Waals surface area contributed by atoms with Crippen LogP contribution in [-0.4, -0.2) is 18.1 Å². The maximum Gasteiger partial charge on any atom is 0.258 e. The number of rotatable bonds is 6. The summed E-state index contributed by atoms with van der Waals surface area (Å²) in [5.41, 5.74) is 7.68. The van der Waals surface area contributed by atoms with Crippen molar-refractivity contribution in [3.05, 3.63) is 29.3 Å². The van der Waals surface area contributed by atoms with Crippen LogP contribution in [0.3, 0.4) is 0 Å². The standard InChI is InChI=1S/C16H26N2O2/c1-6-16(4,5)18-15(19)10-20-14-8-7-13(12(3)17)9-11(14)2/h7-9,12H,6,10,17H2,1-5H3,(H,18,19). The van der Waals surface area contributed by atoms with Crippen LogP contribution < -0.4 is 15.8 Å². The lowest BCUT2D eigenvalue weighted by Gasteiger charge is -2.24. The van der Waals surface area contributed by atoms with Crippen LogP contribution in [0.2, 0.25) is 0 Å². The summed E-state index contributed by atoms with van der Waals surface area (Å²) in [4.78, 5) is 11.8. The van der Waals surface area contributed by atoms with Crippen molar-refractivity contribution in [2.75, 3.05) is 6.61 Å². The van der Waals surface area contributed by atoms with Crippen LogP contribution in [0.4, 0.5) is 0 Å². The van der Waals surface area contributed by atoms with Crippen molar-refractivity contribution in [3.8, 4) is 5.75 Å². The Morgan fingerprint density at radius 3 is 2.60 bits per heavy atom. The molecule has 0 fully saturated rings. The maximum absolute atomic E-state index is 11.8. The van der Waals surface area contributed by atoms with Crippen LogP contribution in [0, 0.1) is 6.92 Å². The first-order valence-electron chi connectivity index (χ1n) is 7.05. The van der Waals surface area contributed by atoms with E-state index in [0.29, 0.717) is 0 Å². The van der Waals surface area contributed by atoms with E-state index in [1.54, 1.807) is 0 Å². The van der Waals surface area contributed by atoms with Crippen molar-refractivity contribution >= 4 is 5.91 Å². The number of ether oxygens (including phenoxy) is 1. The highest BCUT2D eigenvalue weighted by molar-refractivity contribution is 5.78. The Morgan fingerprint density at radius 2 is 2.10 bits per heavy atom. The van der Waals surface area contributed by atoms with Crippen LogP contribution in [0.1, 0.15) is 51.3 Å². The summed E-state index contributed by atoms with van der Waals surface area (Å²) in [7, 11) is 0. The van der Waals surface area contributed by atoms with Crippen LogP contribution in [0.5, 0.6) is 5.75 Å². The summed E-state index contributed by atoms with van der Waals surface area (Å²) in [6.07, 6.45) is 0.876. The third-order valence-corrected chi connectivity index (χ3v) is 3.45. The SMILES string of the molecule is CCC(C)(C)NC(=O)COc1ccc(C(C)N)cc1C. The quantitative estimate of drug-likeness (QED) is 0.841. The minimum Gasteiger partial charge on any atom is -0.484 e. The predicted molar refractivity (Wildman–Crippen MR) is 81.8 cm³/mol. The molecule has 1 aromatic rings. The van der Waals surface area contributed by atoms with Crippen molar-refractivity contribution in [2.24, 2.45) is 5.73 Å². The molecule has 0 bridgehead atoms. The molecule has 0 aliphatic heterocycles. The van der Waals surface area contributed by atoms with Crippen LogP contribution in [0.25, 0.3) is 0 Å². The largest absolute Gasteiger partial charge is 0.484 e. The fourth-order valence-corrected chi connectivity index (χ4v) is 1.76. The molecule has 3 N–H and O–H groups in total. The summed E-state index contributed by atoms with van der Waals surface area (Å²) in [6, 6.07) is 5.79. The second kappa shape index (κ2) is 6.75. The van der Waals surface area contributed by atoms with E-state index < -0.39 is 0 Å². The molecule has 0 spiro atoms. The molecule has 1 atom stereocenters. The van der Waals surface area contributed by atoms with Gasteiger partial charge in [-0.15, -0.1) is 0 Å². The summed E-state index contributed by atoms with van der Waals surface area (Å²) in [5, 5.41) is 2.94. The molecule has 0 aromatic heterocycles. The Labute approximate surface area is 121 Å². The van der Waals surface area contributed by atoms with Gasteiger partial charge in [-0.1, -0.05) is 19.1 Å². The van der Waals surface area contributed by atoms with Gasteiger partial charge >= 0.3 is 0 Å². The predicted octanol–water partition coefficient (Wildman–Crippen LogP) is 2.70. The van der Waals surface area contributed by atoms with Gasteiger partial charge in [0.1, 0.15) is 5.75 Å². The lowest BCUT2D eigenvalue weighted by molar-refractivity contribution is -0.124. The van der Waals surface area contributed by atoms with Gasteiger partial charge in [-0.3, -0.25) is 4.79 Å². The Hall–Kier alpha value is -1.55. The first-order valence-corrected chi connectivity index (χ1v) is 7.05. The monoisotopic (exact) mass is 278 g/mol. The average Bonchev–Trinajstić information content (AvgIpc) is 2.36. The Balaban J connectivity index is 2.60. The third-order valence-electron chi connectivity index (χ3n) is 3.45. The summed E-state index contributed by atoms with van der Waals surface area (Å²) in [5.74, 6) is 0.617. The van der Waals surface area contributed by atoms with Gasteiger partial charge in [0.2, 0.25) is 0 Å². The van der Waals surface area contributed by atoms with E-state index in [1.165, 1.54) is 0 Å². The molecule has 4 nitrogen and oxygen atoms in total. The first-order chi connectivity index (χ1) is 9.25. The van der Waals surface area contributed by atoms with E-state index in [4.69, 9.17) is 10.5 Å². The Bertz CT molecular complexity index is 468. The first kappa shape index (κ1) is 16.5. The molecule has 0 aliphatic rings. The van der Waals surface area contributed by atoms with Gasteiger partial charge in [0.05, 0.1) is 0 Å². The molecule has 0 heterocycles. The van der Waals surface area contributed by atoms with Crippen molar-refractivity contribution < 1.29 is 9.53 Å². The molecule has 0 aliphatic carbocycles. The van der Waals surface area contributed by atoms with Crippen LogP contribution in [-0.2, 0) is 4.79 Å². The van der Waals surface area contributed by atoms with E-state index >= 15 is 0 Å². The van der Waals surface area contributed by atoms with Crippen LogP contribution in [0.15, 0.2) is 18.2 Å². The number of hydrogen-bond donors (Lipinski definition) is 2. The van der Waals surface area contributed by atoms with Gasteiger partial charge < -0.3 is 15.8 Å². The summed E-state index contributed by atoms with van der Waals surface area (Å²) >= 11 is 0. The number of nitrogens with two attached hydrogens (primary N) is 1. The van der Waals surface area contributed by atoms with E-state index in [9.17, 15) is 4.79 Å². The van der Waals surface area contributed by atoms with Gasteiger partial charge in [-0.2, -0.15) is 0 Å². The molecule has 1 unspecified atom stereocenters. The normalized spacial score (nSPS) is 12.9. The molecule has 20 heavy (non-hydrogen) atoms. The smallest absolute Gasteiger partial charge is 0.258 e. The summed E-state index contributed by atoms with van der Waals surface area (Å²) < 4.78 is 5.57. The molecule has 1 aromatic carbocycles. The minimum atomic E-state index is -0.200. The summed E-state index contributed by atoms with van der Waals surface area (Å²) in [6.45, 7) is 9.95. The third kappa shape index (κ3) is 4.85. The Morgan fingerprint density at radius 1 is 1.45 bits per heavy atom. The fraction of sp³-hybridized carbons (Fsp3) is 0.562. The number of aryl methyl sites for hydroxylation is 1. The molecule has 4 heteroatoms. The molecule has 1 rings (SSSR count). The van der Waals surface area contributed by atoms with E-state index in [1.807, 2.05) is 52.8 Å². The molecule has 1 amide bonds. The van der Waals surface area contributed by atoms with Crippen LogP contribution >= 0.6 is 0 Å². The van der Waals surface area contributed by atoms with Gasteiger partial charge in [0.15, 0.2) is 6.61 Å². The number of benzene rings is 1. The fourth-order valence-electron chi connectivity index (χ4n) is 1.76. The van der Waals surface area contributed by atoms with Gasteiger partial charge in [-0.05, 0) is 51.3 Å². The minimum absolute atomic E-state index is 0.00333. The number of nitrogens with one attached hydrogen (secondary N) is 1. The van der Waals surface area contributed by atoms with Crippen molar-refractivity contribution in [2.45, 2.75) is 52.6 Å². The highest BCUT2D eigenvalue weighted by atomic mass is 16.5. The molecule has 0 saturated heterocycles. The molecular formula is C16H26N2O2. The zero-order valence-electron chi connectivity index (χ0n) is 13.1. The highest BCUT2D eigenvalue weighted by Crippen LogP contribution is 2.21. The number of hydrogen-bond acceptors (Lipinski definition) is 3. The van der Waals surface area contributed by atoms with Gasteiger partial charge in [0.25, 0.3) is 5.91 Å². The second-order valence-corrected chi connectivity index (χ2v) is 5.89. The zero-order chi connectivity index (χ0) is 15.3. The molecule has 0 saturated carbocycles.